The van der Waals surface area contributed by atoms with Crippen molar-refractivity contribution in [2.75, 3.05) is 32.5 Å². The molecular formula is C13H19FN4O. The minimum Gasteiger partial charge on any atom is -0.372 e. The van der Waals surface area contributed by atoms with Crippen molar-refractivity contribution < 1.29 is 9.18 Å². The lowest BCUT2D eigenvalue weighted by Crippen LogP contribution is -2.34. The number of carbonyl (C=O) groups excluding carboxylic acids is 1. The van der Waals surface area contributed by atoms with Gasteiger partial charge in [-0.3, -0.25) is 4.79 Å². The van der Waals surface area contributed by atoms with Crippen molar-refractivity contribution in [3.8, 4) is 0 Å². The minimum atomic E-state index is -0.515. The first kappa shape index (κ1) is 13.7. The number of pyridine rings is 1. The van der Waals surface area contributed by atoms with Crippen LogP contribution in [0.1, 0.15) is 23.2 Å². The molecule has 1 aliphatic rings. The SMILES string of the molecule is CNc1ncc(F)cc1C(=O)NCCN(C)C1CC1. The van der Waals surface area contributed by atoms with Gasteiger partial charge >= 0.3 is 0 Å². The summed E-state index contributed by atoms with van der Waals surface area (Å²) in [7, 11) is 3.70. The fourth-order valence-electron chi connectivity index (χ4n) is 1.95. The molecule has 0 spiro atoms. The van der Waals surface area contributed by atoms with E-state index in [9.17, 15) is 9.18 Å². The minimum absolute atomic E-state index is 0.233. The van der Waals surface area contributed by atoms with Crippen LogP contribution in [-0.2, 0) is 0 Å². The lowest BCUT2D eigenvalue weighted by molar-refractivity contribution is 0.0949. The van der Waals surface area contributed by atoms with Crippen molar-refractivity contribution in [2.45, 2.75) is 18.9 Å². The van der Waals surface area contributed by atoms with E-state index in [0.717, 1.165) is 12.7 Å². The maximum absolute atomic E-state index is 13.1. The van der Waals surface area contributed by atoms with Crippen LogP contribution in [0.2, 0.25) is 0 Å². The monoisotopic (exact) mass is 266 g/mol. The molecule has 1 aliphatic carbocycles. The van der Waals surface area contributed by atoms with Gasteiger partial charge in [0.2, 0.25) is 0 Å². The Balaban J connectivity index is 1.89. The zero-order chi connectivity index (χ0) is 13.8. The quantitative estimate of drug-likeness (QED) is 0.809. The number of carbonyl (C=O) groups is 1. The van der Waals surface area contributed by atoms with Crippen LogP contribution in [0.15, 0.2) is 12.3 Å². The van der Waals surface area contributed by atoms with Crippen LogP contribution in [0, 0.1) is 5.82 Å². The first-order chi connectivity index (χ1) is 9.11. The van der Waals surface area contributed by atoms with Crippen molar-refractivity contribution in [3.05, 3.63) is 23.6 Å². The number of nitrogens with one attached hydrogen (secondary N) is 2. The van der Waals surface area contributed by atoms with E-state index >= 15 is 0 Å². The summed E-state index contributed by atoms with van der Waals surface area (Å²) in [5.74, 6) is -0.436. The van der Waals surface area contributed by atoms with Gasteiger partial charge in [-0.2, -0.15) is 0 Å². The summed E-state index contributed by atoms with van der Waals surface area (Å²) in [5.41, 5.74) is 0.233. The average molecular weight is 266 g/mol. The number of hydrogen-bond donors (Lipinski definition) is 2. The summed E-state index contributed by atoms with van der Waals surface area (Å²) >= 11 is 0. The number of aromatic nitrogens is 1. The molecule has 6 heteroatoms. The summed E-state index contributed by atoms with van der Waals surface area (Å²) in [4.78, 5) is 18.0. The van der Waals surface area contributed by atoms with E-state index in [1.807, 2.05) is 7.05 Å². The molecule has 0 saturated heterocycles. The van der Waals surface area contributed by atoms with Crippen LogP contribution in [0.5, 0.6) is 0 Å². The van der Waals surface area contributed by atoms with E-state index < -0.39 is 5.82 Å². The van der Waals surface area contributed by atoms with Crippen LogP contribution < -0.4 is 10.6 Å². The maximum Gasteiger partial charge on any atom is 0.255 e. The number of amides is 1. The van der Waals surface area contributed by atoms with Gasteiger partial charge in [0, 0.05) is 26.2 Å². The highest BCUT2D eigenvalue weighted by molar-refractivity contribution is 5.98. The molecule has 0 bridgehead atoms. The van der Waals surface area contributed by atoms with Crippen LogP contribution >= 0.6 is 0 Å². The first-order valence-electron chi connectivity index (χ1n) is 6.43. The highest BCUT2D eigenvalue weighted by atomic mass is 19.1. The second kappa shape index (κ2) is 5.97. The van der Waals surface area contributed by atoms with E-state index in [4.69, 9.17) is 0 Å². The van der Waals surface area contributed by atoms with Gasteiger partial charge in [-0.25, -0.2) is 9.37 Å². The second-order valence-corrected chi connectivity index (χ2v) is 4.77. The molecule has 1 amide bonds. The molecule has 0 radical (unpaired) electrons. The molecule has 0 atom stereocenters. The van der Waals surface area contributed by atoms with Gasteiger partial charge in [-0.15, -0.1) is 0 Å². The fraction of sp³-hybridized carbons (Fsp3) is 0.538. The van der Waals surface area contributed by atoms with Crippen LogP contribution in [0.3, 0.4) is 0 Å². The molecule has 1 aromatic heterocycles. The third-order valence-electron chi connectivity index (χ3n) is 3.26. The second-order valence-electron chi connectivity index (χ2n) is 4.77. The molecule has 0 aromatic carbocycles. The van der Waals surface area contributed by atoms with E-state index in [2.05, 4.69) is 20.5 Å². The number of likely N-dealkylation sites (N-methyl/N-ethyl adjacent to an activating group) is 1. The number of rotatable bonds is 6. The Labute approximate surface area is 112 Å². The van der Waals surface area contributed by atoms with E-state index in [1.165, 1.54) is 18.9 Å². The number of hydrogen-bond acceptors (Lipinski definition) is 4. The molecule has 104 valence electrons. The molecule has 2 rings (SSSR count). The molecule has 1 fully saturated rings. The molecular weight excluding hydrogens is 247 g/mol. The van der Waals surface area contributed by atoms with Crippen molar-refractivity contribution in [2.24, 2.45) is 0 Å². The molecule has 2 N–H and O–H groups in total. The average Bonchev–Trinajstić information content (AvgIpc) is 3.22. The lowest BCUT2D eigenvalue weighted by atomic mass is 10.2. The molecule has 1 heterocycles. The molecule has 5 nitrogen and oxygen atoms in total. The predicted octanol–water partition coefficient (Wildman–Crippen LogP) is 1.09. The Morgan fingerprint density at radius 1 is 1.58 bits per heavy atom. The van der Waals surface area contributed by atoms with E-state index in [1.54, 1.807) is 7.05 Å². The summed E-state index contributed by atoms with van der Waals surface area (Å²) < 4.78 is 13.1. The Kier molecular flexibility index (Phi) is 4.31. The Bertz CT molecular complexity index is 462. The van der Waals surface area contributed by atoms with Crippen molar-refractivity contribution in [3.63, 3.8) is 0 Å². The van der Waals surface area contributed by atoms with Gasteiger partial charge in [0.25, 0.3) is 5.91 Å². The Morgan fingerprint density at radius 3 is 2.95 bits per heavy atom. The highest BCUT2D eigenvalue weighted by Gasteiger charge is 2.25. The summed E-state index contributed by atoms with van der Waals surface area (Å²) in [6.45, 7) is 1.35. The van der Waals surface area contributed by atoms with Crippen LogP contribution in [0.25, 0.3) is 0 Å². The van der Waals surface area contributed by atoms with Gasteiger partial charge < -0.3 is 15.5 Å². The topological polar surface area (TPSA) is 57.3 Å². The normalized spacial score (nSPS) is 14.5. The van der Waals surface area contributed by atoms with Gasteiger partial charge in [-0.1, -0.05) is 0 Å². The standard InChI is InChI=1S/C13H19FN4O/c1-15-12-11(7-9(14)8-17-12)13(19)16-5-6-18(2)10-3-4-10/h7-8,10H,3-6H2,1-2H3,(H,15,17)(H,16,19). The van der Waals surface area contributed by atoms with Gasteiger partial charge in [0.05, 0.1) is 11.8 Å². The zero-order valence-corrected chi connectivity index (χ0v) is 11.2. The number of anilines is 1. The van der Waals surface area contributed by atoms with Gasteiger partial charge in [-0.05, 0) is 26.0 Å². The zero-order valence-electron chi connectivity index (χ0n) is 11.2. The summed E-state index contributed by atoms with van der Waals surface area (Å²) in [6.07, 6.45) is 3.56. The summed E-state index contributed by atoms with van der Waals surface area (Å²) in [5, 5.41) is 5.57. The van der Waals surface area contributed by atoms with E-state index in [0.29, 0.717) is 18.4 Å². The highest BCUT2D eigenvalue weighted by Crippen LogP contribution is 2.24. The lowest BCUT2D eigenvalue weighted by Gasteiger charge is -2.16. The van der Waals surface area contributed by atoms with Crippen LogP contribution in [-0.4, -0.2) is 49.0 Å². The molecule has 0 unspecified atom stereocenters. The molecule has 0 aliphatic heterocycles. The predicted molar refractivity (Wildman–Crippen MR) is 71.7 cm³/mol. The van der Waals surface area contributed by atoms with Crippen LogP contribution in [0.4, 0.5) is 10.2 Å². The third-order valence-corrected chi connectivity index (χ3v) is 3.26. The van der Waals surface area contributed by atoms with E-state index in [-0.39, 0.29) is 11.5 Å². The summed E-state index contributed by atoms with van der Waals surface area (Å²) in [6, 6.07) is 1.86. The molecule has 19 heavy (non-hydrogen) atoms. The fourth-order valence-corrected chi connectivity index (χ4v) is 1.95. The van der Waals surface area contributed by atoms with Crippen molar-refractivity contribution in [1.29, 1.82) is 0 Å². The van der Waals surface area contributed by atoms with Gasteiger partial charge in [0.15, 0.2) is 0 Å². The van der Waals surface area contributed by atoms with Gasteiger partial charge in [0.1, 0.15) is 11.6 Å². The Morgan fingerprint density at radius 2 is 2.32 bits per heavy atom. The molecule has 1 saturated carbocycles. The Hall–Kier alpha value is -1.69. The first-order valence-corrected chi connectivity index (χ1v) is 6.43. The molecule has 1 aromatic rings. The number of halogens is 1. The smallest absolute Gasteiger partial charge is 0.255 e. The van der Waals surface area contributed by atoms with Crippen molar-refractivity contribution in [1.82, 2.24) is 15.2 Å². The maximum atomic E-state index is 13.1. The number of nitrogens with zero attached hydrogens (tertiary/aromatic N) is 2. The van der Waals surface area contributed by atoms with Crippen molar-refractivity contribution >= 4 is 11.7 Å². The largest absolute Gasteiger partial charge is 0.372 e. The third kappa shape index (κ3) is 3.64.